The topological polar surface area (TPSA) is 75.6 Å². The first-order valence-electron chi connectivity index (χ1n) is 7.27. The molecule has 0 aliphatic heterocycles. The maximum Gasteiger partial charge on any atom is 0.307 e. The molecular formula is C16H23NO4. The highest BCUT2D eigenvalue weighted by Crippen LogP contribution is 2.21. The monoisotopic (exact) mass is 293 g/mol. The van der Waals surface area contributed by atoms with Crippen molar-refractivity contribution in [1.29, 1.82) is 0 Å². The fourth-order valence-corrected chi connectivity index (χ4v) is 2.00. The van der Waals surface area contributed by atoms with Crippen molar-refractivity contribution < 1.29 is 19.4 Å². The first kappa shape index (κ1) is 17.2. The minimum absolute atomic E-state index is 0.104. The third-order valence-corrected chi connectivity index (χ3v) is 3.26. The Kier molecular flexibility index (Phi) is 7.46. The second-order valence-electron chi connectivity index (χ2n) is 4.81. The molecule has 0 spiro atoms. The Labute approximate surface area is 125 Å². The van der Waals surface area contributed by atoms with Crippen LogP contribution >= 0.6 is 0 Å². The fourth-order valence-electron chi connectivity index (χ4n) is 2.00. The van der Waals surface area contributed by atoms with E-state index in [-0.39, 0.29) is 37.6 Å². The number of hydrogen-bond acceptors (Lipinski definition) is 4. The summed E-state index contributed by atoms with van der Waals surface area (Å²) in [6, 6.07) is 7.13. The summed E-state index contributed by atoms with van der Waals surface area (Å²) in [6.45, 7) is 3.74. The summed E-state index contributed by atoms with van der Waals surface area (Å²) in [4.78, 5) is 22.8. The van der Waals surface area contributed by atoms with E-state index < -0.39 is 0 Å². The number of rotatable bonds is 8. The largest absolute Gasteiger partial charge is 0.444 e. The molecule has 0 bridgehead atoms. The van der Waals surface area contributed by atoms with Crippen LogP contribution in [0.1, 0.15) is 54.9 Å². The van der Waals surface area contributed by atoms with Gasteiger partial charge in [0.05, 0.1) is 0 Å². The molecule has 0 aliphatic rings. The zero-order valence-electron chi connectivity index (χ0n) is 12.6. The van der Waals surface area contributed by atoms with Gasteiger partial charge in [-0.2, -0.15) is 0 Å². The van der Waals surface area contributed by atoms with Crippen LogP contribution in [0, 0.1) is 0 Å². The maximum absolute atomic E-state index is 11.8. The van der Waals surface area contributed by atoms with Gasteiger partial charge in [-0.15, -0.1) is 0 Å². The summed E-state index contributed by atoms with van der Waals surface area (Å²) >= 11 is 0. The number of aliphatic hydroxyl groups is 1. The van der Waals surface area contributed by atoms with Crippen LogP contribution in [-0.4, -0.2) is 30.3 Å². The van der Waals surface area contributed by atoms with Gasteiger partial charge in [0.15, 0.2) is 6.73 Å². The van der Waals surface area contributed by atoms with Crippen molar-refractivity contribution in [2.45, 2.75) is 39.0 Å². The van der Waals surface area contributed by atoms with Gasteiger partial charge in [-0.1, -0.05) is 32.4 Å². The quantitative estimate of drug-likeness (QED) is 0.569. The van der Waals surface area contributed by atoms with Crippen LogP contribution in [-0.2, 0) is 9.53 Å². The molecule has 1 atom stereocenters. The van der Waals surface area contributed by atoms with Crippen molar-refractivity contribution in [1.82, 2.24) is 5.32 Å². The van der Waals surface area contributed by atoms with Gasteiger partial charge >= 0.3 is 5.97 Å². The number of ether oxygens (including phenoxy) is 1. The number of carbonyl (C=O) groups is 2. The Bertz CT molecular complexity index is 456. The molecule has 5 nitrogen and oxygen atoms in total. The summed E-state index contributed by atoms with van der Waals surface area (Å²) in [6.07, 6.45) is 2.19. The van der Waals surface area contributed by atoms with Crippen LogP contribution in [0.5, 0.6) is 0 Å². The molecule has 0 saturated heterocycles. The average Bonchev–Trinajstić information content (AvgIpc) is 2.52. The molecule has 0 fully saturated rings. The number of nitrogens with one attached hydrogen (secondary N) is 1. The van der Waals surface area contributed by atoms with Crippen molar-refractivity contribution in [2.24, 2.45) is 0 Å². The van der Waals surface area contributed by atoms with Crippen LogP contribution < -0.4 is 5.32 Å². The van der Waals surface area contributed by atoms with Gasteiger partial charge in [-0.05, 0) is 24.1 Å². The number of aliphatic hydroxyl groups excluding tert-OH is 1. The first-order chi connectivity index (χ1) is 10.1. The lowest BCUT2D eigenvalue weighted by atomic mass is 9.94. The van der Waals surface area contributed by atoms with Gasteiger partial charge in [0.2, 0.25) is 0 Å². The van der Waals surface area contributed by atoms with Crippen LogP contribution in [0.2, 0.25) is 0 Å². The van der Waals surface area contributed by atoms with Gasteiger partial charge in [0, 0.05) is 24.5 Å². The zero-order chi connectivity index (χ0) is 15.7. The van der Waals surface area contributed by atoms with Gasteiger partial charge in [0.1, 0.15) is 0 Å². The Morgan fingerprint density at radius 3 is 2.43 bits per heavy atom. The predicted octanol–water partition coefficient (Wildman–Crippen LogP) is 2.20. The molecule has 0 heterocycles. The van der Waals surface area contributed by atoms with Crippen molar-refractivity contribution in [3.8, 4) is 0 Å². The third kappa shape index (κ3) is 5.55. The lowest BCUT2D eigenvalue weighted by molar-refractivity contribution is -0.143. The Morgan fingerprint density at radius 1 is 1.24 bits per heavy atom. The van der Waals surface area contributed by atoms with E-state index in [4.69, 9.17) is 4.74 Å². The van der Waals surface area contributed by atoms with Gasteiger partial charge in [-0.3, -0.25) is 9.59 Å². The minimum atomic E-state index is -0.351. The second-order valence-corrected chi connectivity index (χ2v) is 4.81. The molecule has 1 aromatic carbocycles. The standard InChI is InChI=1S/C16H23NO4/c1-3-5-14(10-18)12-6-8-13(9-7-12)16(20)17-11-21-15(19)4-2/h6-9,14,18H,3-5,10-11H2,1-2H3,(H,17,20). The Balaban J connectivity index is 2.56. The minimum Gasteiger partial charge on any atom is -0.444 e. The second kappa shape index (κ2) is 9.13. The number of hydrogen-bond donors (Lipinski definition) is 2. The highest BCUT2D eigenvalue weighted by molar-refractivity contribution is 5.94. The van der Waals surface area contributed by atoms with Crippen molar-refractivity contribution in [3.63, 3.8) is 0 Å². The van der Waals surface area contributed by atoms with Crippen LogP contribution in [0.15, 0.2) is 24.3 Å². The lowest BCUT2D eigenvalue weighted by Crippen LogP contribution is -2.27. The Hall–Kier alpha value is -1.88. The molecule has 0 saturated carbocycles. The molecule has 116 valence electrons. The lowest BCUT2D eigenvalue weighted by Gasteiger charge is -2.14. The average molecular weight is 293 g/mol. The molecule has 1 aromatic rings. The van der Waals surface area contributed by atoms with E-state index in [1.807, 2.05) is 12.1 Å². The summed E-state index contributed by atoms with van der Waals surface area (Å²) in [5.74, 6) is -0.532. The first-order valence-corrected chi connectivity index (χ1v) is 7.27. The molecule has 1 rings (SSSR count). The van der Waals surface area contributed by atoms with E-state index in [0.717, 1.165) is 18.4 Å². The molecule has 0 aromatic heterocycles. The predicted molar refractivity (Wildman–Crippen MR) is 79.9 cm³/mol. The number of esters is 1. The van der Waals surface area contributed by atoms with Crippen molar-refractivity contribution in [3.05, 3.63) is 35.4 Å². The highest BCUT2D eigenvalue weighted by atomic mass is 16.5. The normalized spacial score (nSPS) is 11.8. The van der Waals surface area contributed by atoms with Crippen molar-refractivity contribution >= 4 is 11.9 Å². The maximum atomic E-state index is 11.8. The van der Waals surface area contributed by atoms with E-state index >= 15 is 0 Å². The van der Waals surface area contributed by atoms with E-state index in [2.05, 4.69) is 12.2 Å². The number of benzene rings is 1. The van der Waals surface area contributed by atoms with E-state index in [1.54, 1.807) is 19.1 Å². The van der Waals surface area contributed by atoms with Crippen LogP contribution in [0.4, 0.5) is 0 Å². The molecule has 0 radical (unpaired) electrons. The fraction of sp³-hybridized carbons (Fsp3) is 0.500. The van der Waals surface area contributed by atoms with E-state index in [1.165, 1.54) is 0 Å². The molecule has 1 amide bonds. The van der Waals surface area contributed by atoms with E-state index in [0.29, 0.717) is 5.56 Å². The number of carbonyl (C=O) groups excluding carboxylic acids is 2. The molecule has 2 N–H and O–H groups in total. The zero-order valence-corrected chi connectivity index (χ0v) is 12.6. The molecule has 5 heteroatoms. The van der Waals surface area contributed by atoms with E-state index in [9.17, 15) is 14.7 Å². The molecule has 1 unspecified atom stereocenters. The third-order valence-electron chi connectivity index (χ3n) is 3.26. The Morgan fingerprint density at radius 2 is 1.90 bits per heavy atom. The molecule has 21 heavy (non-hydrogen) atoms. The number of amides is 1. The summed E-state index contributed by atoms with van der Waals surface area (Å²) < 4.78 is 4.79. The smallest absolute Gasteiger partial charge is 0.307 e. The van der Waals surface area contributed by atoms with Crippen molar-refractivity contribution in [2.75, 3.05) is 13.3 Å². The summed E-state index contributed by atoms with van der Waals surface area (Å²) in [5, 5.41) is 11.9. The van der Waals surface area contributed by atoms with Crippen LogP contribution in [0.25, 0.3) is 0 Å². The van der Waals surface area contributed by atoms with Gasteiger partial charge < -0.3 is 15.2 Å². The van der Waals surface area contributed by atoms with Gasteiger partial charge in [0.25, 0.3) is 5.91 Å². The summed E-state index contributed by atoms with van der Waals surface area (Å²) in [7, 11) is 0. The summed E-state index contributed by atoms with van der Waals surface area (Å²) in [5.41, 5.74) is 1.52. The molecule has 0 aliphatic carbocycles. The molecular weight excluding hydrogens is 270 g/mol. The van der Waals surface area contributed by atoms with Gasteiger partial charge in [-0.25, -0.2) is 0 Å². The van der Waals surface area contributed by atoms with Crippen LogP contribution in [0.3, 0.4) is 0 Å². The highest BCUT2D eigenvalue weighted by Gasteiger charge is 2.11. The SMILES string of the molecule is CCCC(CO)c1ccc(C(=O)NCOC(=O)CC)cc1.